The number of benzene rings is 1. The number of halogens is 1. The minimum Gasteiger partial charge on any atom is -0.326 e. The molecule has 0 aliphatic carbocycles. The Bertz CT molecular complexity index is 379. The fourth-order valence-electron chi connectivity index (χ4n) is 1.42. The summed E-state index contributed by atoms with van der Waals surface area (Å²) in [6.45, 7) is 3.37. The maximum absolute atomic E-state index is 13.6. The maximum atomic E-state index is 13.6. The summed E-state index contributed by atoms with van der Waals surface area (Å²) in [6, 6.07) is 3.17. The lowest BCUT2D eigenvalue weighted by Gasteiger charge is -2.10. The Balaban J connectivity index is 3.13. The van der Waals surface area contributed by atoms with Crippen LogP contribution in [0, 0.1) is 5.82 Å². The molecule has 1 amide bonds. The average Bonchev–Trinajstić information content (AvgIpc) is 2.15. The highest BCUT2D eigenvalue weighted by molar-refractivity contribution is 7.98. The molecule has 0 spiro atoms. The van der Waals surface area contributed by atoms with Crippen molar-refractivity contribution < 1.29 is 9.18 Å². The van der Waals surface area contributed by atoms with Gasteiger partial charge < -0.3 is 5.32 Å². The molecular weight excluding hydrogens is 213 g/mol. The van der Waals surface area contributed by atoms with E-state index in [1.807, 2.05) is 19.2 Å². The third-order valence-electron chi connectivity index (χ3n) is 2.03. The molecular formula is C11H14FNOS. The molecule has 2 nitrogen and oxygen atoms in total. The molecule has 0 fully saturated rings. The third-order valence-corrected chi connectivity index (χ3v) is 2.89. The fourth-order valence-corrected chi connectivity index (χ4v) is 2.14. The first-order valence-electron chi connectivity index (χ1n) is 4.72. The van der Waals surface area contributed by atoms with Gasteiger partial charge in [-0.1, -0.05) is 6.92 Å². The predicted octanol–water partition coefficient (Wildman–Crippen LogP) is 3.07. The van der Waals surface area contributed by atoms with E-state index in [1.165, 1.54) is 24.8 Å². The first kappa shape index (κ1) is 12.0. The maximum Gasteiger partial charge on any atom is 0.221 e. The summed E-state index contributed by atoms with van der Waals surface area (Å²) in [5.74, 6) is -0.459. The van der Waals surface area contributed by atoms with Gasteiger partial charge in [0.15, 0.2) is 0 Å². The van der Waals surface area contributed by atoms with Crippen molar-refractivity contribution in [3.63, 3.8) is 0 Å². The number of thioether (sulfide) groups is 1. The lowest BCUT2D eigenvalue weighted by atomic mass is 10.1. The number of amides is 1. The molecule has 0 heterocycles. The van der Waals surface area contributed by atoms with Crippen molar-refractivity contribution in [1.82, 2.24) is 0 Å². The molecule has 1 aromatic rings. The average molecular weight is 227 g/mol. The SMILES string of the molecule is CCc1cc(NC(C)=O)cc(F)c1SC. The smallest absolute Gasteiger partial charge is 0.221 e. The van der Waals surface area contributed by atoms with Crippen LogP contribution in [0.2, 0.25) is 0 Å². The summed E-state index contributed by atoms with van der Waals surface area (Å²) >= 11 is 1.39. The van der Waals surface area contributed by atoms with Gasteiger partial charge in [-0.2, -0.15) is 0 Å². The first-order valence-corrected chi connectivity index (χ1v) is 5.95. The van der Waals surface area contributed by atoms with Gasteiger partial charge in [0.1, 0.15) is 5.82 Å². The summed E-state index contributed by atoms with van der Waals surface area (Å²) in [5.41, 5.74) is 1.45. The fraction of sp³-hybridized carbons (Fsp3) is 0.364. The van der Waals surface area contributed by atoms with Gasteiger partial charge in [0.25, 0.3) is 0 Å². The molecule has 0 atom stereocenters. The lowest BCUT2D eigenvalue weighted by molar-refractivity contribution is -0.114. The van der Waals surface area contributed by atoms with Gasteiger partial charge in [-0.15, -0.1) is 11.8 Å². The van der Waals surface area contributed by atoms with E-state index in [0.717, 1.165) is 12.0 Å². The van der Waals surface area contributed by atoms with Crippen LogP contribution >= 0.6 is 11.8 Å². The van der Waals surface area contributed by atoms with Gasteiger partial charge in [-0.25, -0.2) is 4.39 Å². The third kappa shape index (κ3) is 2.96. The zero-order chi connectivity index (χ0) is 11.4. The molecule has 0 aliphatic heterocycles. The van der Waals surface area contributed by atoms with Crippen molar-refractivity contribution in [3.8, 4) is 0 Å². The van der Waals surface area contributed by atoms with Crippen molar-refractivity contribution in [2.75, 3.05) is 11.6 Å². The number of rotatable bonds is 3. The largest absolute Gasteiger partial charge is 0.326 e. The normalized spacial score (nSPS) is 10.1. The van der Waals surface area contributed by atoms with Crippen LogP contribution in [0.5, 0.6) is 0 Å². The van der Waals surface area contributed by atoms with Crippen LogP contribution in [-0.4, -0.2) is 12.2 Å². The highest BCUT2D eigenvalue weighted by Gasteiger charge is 2.09. The molecule has 1 aromatic carbocycles. The van der Waals surface area contributed by atoms with Crippen LogP contribution < -0.4 is 5.32 Å². The second-order valence-corrected chi connectivity index (χ2v) is 4.00. The molecule has 0 radical (unpaired) electrons. The summed E-state index contributed by atoms with van der Waals surface area (Å²) in [4.78, 5) is 11.5. The minimum absolute atomic E-state index is 0.187. The summed E-state index contributed by atoms with van der Waals surface area (Å²) in [7, 11) is 0. The Morgan fingerprint density at radius 3 is 2.67 bits per heavy atom. The number of nitrogens with one attached hydrogen (secondary N) is 1. The Morgan fingerprint density at radius 2 is 2.20 bits per heavy atom. The first-order chi connectivity index (χ1) is 7.08. The highest BCUT2D eigenvalue weighted by atomic mass is 32.2. The van der Waals surface area contributed by atoms with Crippen molar-refractivity contribution in [1.29, 1.82) is 0 Å². The van der Waals surface area contributed by atoms with E-state index >= 15 is 0 Å². The van der Waals surface area contributed by atoms with Gasteiger partial charge >= 0.3 is 0 Å². The molecule has 0 bridgehead atoms. The molecule has 1 N–H and O–H groups in total. The summed E-state index contributed by atoms with van der Waals surface area (Å²) < 4.78 is 13.6. The van der Waals surface area contributed by atoms with E-state index in [2.05, 4.69) is 5.32 Å². The second kappa shape index (κ2) is 5.16. The quantitative estimate of drug-likeness (QED) is 0.804. The Hall–Kier alpha value is -1.03. The number of carbonyl (C=O) groups is 1. The second-order valence-electron chi connectivity index (χ2n) is 3.19. The van der Waals surface area contributed by atoms with Crippen molar-refractivity contribution in [3.05, 3.63) is 23.5 Å². The van der Waals surface area contributed by atoms with Gasteiger partial charge in [0.2, 0.25) is 5.91 Å². The molecule has 1 rings (SSSR count). The van der Waals surface area contributed by atoms with Crippen molar-refractivity contribution in [2.45, 2.75) is 25.2 Å². The molecule has 4 heteroatoms. The molecule has 0 unspecified atom stereocenters. The van der Waals surface area contributed by atoms with Crippen LogP contribution in [0.3, 0.4) is 0 Å². The van der Waals surface area contributed by atoms with Crippen LogP contribution in [0.4, 0.5) is 10.1 Å². The molecule has 0 aromatic heterocycles. The Morgan fingerprint density at radius 1 is 1.53 bits per heavy atom. The highest BCUT2D eigenvalue weighted by Crippen LogP contribution is 2.27. The van der Waals surface area contributed by atoms with Crippen molar-refractivity contribution in [2.24, 2.45) is 0 Å². The Kier molecular flexibility index (Phi) is 4.15. The molecule has 15 heavy (non-hydrogen) atoms. The van der Waals surface area contributed by atoms with E-state index in [1.54, 1.807) is 0 Å². The van der Waals surface area contributed by atoms with E-state index in [9.17, 15) is 9.18 Å². The molecule has 82 valence electrons. The number of aryl methyl sites for hydroxylation is 1. The minimum atomic E-state index is -0.273. The van der Waals surface area contributed by atoms with Crippen LogP contribution in [0.25, 0.3) is 0 Å². The van der Waals surface area contributed by atoms with Gasteiger partial charge in [0, 0.05) is 17.5 Å². The van der Waals surface area contributed by atoms with Gasteiger partial charge in [0.05, 0.1) is 0 Å². The summed E-state index contributed by atoms with van der Waals surface area (Å²) in [5, 5.41) is 2.58. The zero-order valence-electron chi connectivity index (χ0n) is 9.06. The monoisotopic (exact) mass is 227 g/mol. The summed E-state index contributed by atoms with van der Waals surface area (Å²) in [6.07, 6.45) is 2.59. The van der Waals surface area contributed by atoms with E-state index in [4.69, 9.17) is 0 Å². The zero-order valence-corrected chi connectivity index (χ0v) is 9.87. The lowest BCUT2D eigenvalue weighted by Crippen LogP contribution is -2.07. The molecule has 0 saturated heterocycles. The van der Waals surface area contributed by atoms with Gasteiger partial charge in [-0.05, 0) is 30.4 Å². The number of hydrogen-bond acceptors (Lipinski definition) is 2. The standard InChI is InChI=1S/C11H14FNOS/c1-4-8-5-9(13-7(2)14)6-10(12)11(8)15-3/h5-6H,4H2,1-3H3,(H,13,14). The van der Waals surface area contributed by atoms with Crippen LogP contribution in [0.1, 0.15) is 19.4 Å². The van der Waals surface area contributed by atoms with Crippen molar-refractivity contribution >= 4 is 23.4 Å². The predicted molar refractivity (Wildman–Crippen MR) is 61.9 cm³/mol. The molecule has 0 saturated carbocycles. The van der Waals surface area contributed by atoms with E-state index in [-0.39, 0.29) is 11.7 Å². The number of anilines is 1. The number of hydrogen-bond donors (Lipinski definition) is 1. The Labute approximate surface area is 93.3 Å². The van der Waals surface area contributed by atoms with E-state index < -0.39 is 0 Å². The number of carbonyl (C=O) groups excluding carboxylic acids is 1. The van der Waals surface area contributed by atoms with Gasteiger partial charge in [-0.3, -0.25) is 4.79 Å². The molecule has 0 aliphatic rings. The van der Waals surface area contributed by atoms with Crippen LogP contribution in [0.15, 0.2) is 17.0 Å². The van der Waals surface area contributed by atoms with E-state index in [0.29, 0.717) is 10.6 Å². The van der Waals surface area contributed by atoms with Crippen LogP contribution in [-0.2, 0) is 11.2 Å². The topological polar surface area (TPSA) is 29.1 Å².